The zero-order chi connectivity index (χ0) is 24.6. The Bertz CT molecular complexity index is 1220. The highest BCUT2D eigenvalue weighted by molar-refractivity contribution is 5.76. The first-order chi connectivity index (χ1) is 17.1. The van der Waals surface area contributed by atoms with Gasteiger partial charge in [0.1, 0.15) is 12.4 Å². The summed E-state index contributed by atoms with van der Waals surface area (Å²) < 4.78 is 18.9. The van der Waals surface area contributed by atoms with Gasteiger partial charge in [-0.3, -0.25) is 0 Å². The number of fused-ring (bicyclic) bond motifs is 1. The van der Waals surface area contributed by atoms with Crippen molar-refractivity contribution < 1.29 is 14.2 Å². The molecule has 0 aliphatic carbocycles. The summed E-state index contributed by atoms with van der Waals surface area (Å²) in [5, 5.41) is 3.44. The maximum atomic E-state index is 6.04. The number of hydrogen-bond donors (Lipinski definition) is 1. The lowest BCUT2D eigenvalue weighted by atomic mass is 9.90. The molecule has 0 amide bonds. The topological polar surface area (TPSA) is 57.5 Å². The van der Waals surface area contributed by atoms with Crippen molar-refractivity contribution in [2.24, 2.45) is 0 Å². The van der Waals surface area contributed by atoms with Gasteiger partial charge in [0.15, 0.2) is 11.5 Å². The third kappa shape index (κ3) is 6.14. The van der Waals surface area contributed by atoms with Gasteiger partial charge in [-0.1, -0.05) is 30.9 Å². The Morgan fingerprint density at radius 3 is 2.69 bits per heavy atom. The van der Waals surface area contributed by atoms with E-state index >= 15 is 0 Å². The highest BCUT2D eigenvalue weighted by atomic mass is 16.5. The maximum Gasteiger partial charge on any atom is 0.161 e. The van der Waals surface area contributed by atoms with Gasteiger partial charge < -0.3 is 24.1 Å². The predicted octanol–water partition coefficient (Wildman–Crippen LogP) is 5.60. The molecule has 0 saturated carbocycles. The second-order valence-electron chi connectivity index (χ2n) is 8.79. The molecule has 6 heteroatoms. The average Bonchev–Trinajstić information content (AvgIpc) is 3.31. The number of aromatic nitrogens is 2. The van der Waals surface area contributed by atoms with Crippen molar-refractivity contribution in [3.63, 3.8) is 0 Å². The summed E-state index contributed by atoms with van der Waals surface area (Å²) in [7, 11) is 3.27. The molecule has 1 saturated heterocycles. The summed E-state index contributed by atoms with van der Waals surface area (Å²) in [4.78, 5) is 4.69. The van der Waals surface area contributed by atoms with E-state index in [9.17, 15) is 0 Å². The summed E-state index contributed by atoms with van der Waals surface area (Å²) >= 11 is 0. The Morgan fingerprint density at radius 2 is 1.94 bits per heavy atom. The van der Waals surface area contributed by atoms with Crippen LogP contribution >= 0.6 is 0 Å². The minimum atomic E-state index is 0.422. The monoisotopic (exact) mass is 473 g/mol. The van der Waals surface area contributed by atoms with Crippen LogP contribution in [0.1, 0.15) is 36.8 Å². The smallest absolute Gasteiger partial charge is 0.161 e. The quantitative estimate of drug-likeness (QED) is 0.307. The SMILES string of the molecule is C=C(/C=C\C(=C/C)COc1ccc(Cn2cnc3cc(C4CCNCC4)ccc32)cc1OC)OC. The molecule has 2 heterocycles. The van der Waals surface area contributed by atoms with Crippen molar-refractivity contribution in [1.29, 1.82) is 0 Å². The second-order valence-corrected chi connectivity index (χ2v) is 8.79. The third-order valence-corrected chi connectivity index (χ3v) is 6.55. The Hall–Kier alpha value is -3.51. The predicted molar refractivity (Wildman–Crippen MR) is 141 cm³/mol. The Balaban J connectivity index is 1.45. The van der Waals surface area contributed by atoms with Crippen LogP contribution in [-0.2, 0) is 11.3 Å². The van der Waals surface area contributed by atoms with Crippen LogP contribution in [0.25, 0.3) is 11.0 Å². The van der Waals surface area contributed by atoms with Gasteiger partial charge in [0.2, 0.25) is 0 Å². The van der Waals surface area contributed by atoms with Crippen molar-refractivity contribution in [1.82, 2.24) is 14.9 Å². The van der Waals surface area contributed by atoms with Crippen LogP contribution in [-0.4, -0.2) is 43.5 Å². The van der Waals surface area contributed by atoms with Crippen molar-refractivity contribution in [2.45, 2.75) is 32.2 Å². The van der Waals surface area contributed by atoms with Crippen molar-refractivity contribution in [3.8, 4) is 11.5 Å². The Kier molecular flexibility index (Phi) is 8.27. The molecular formula is C29H35N3O3. The lowest BCUT2D eigenvalue weighted by molar-refractivity contribution is 0.308. The molecule has 0 unspecified atom stereocenters. The van der Waals surface area contributed by atoms with Crippen LogP contribution < -0.4 is 14.8 Å². The number of ether oxygens (including phenoxy) is 3. The summed E-state index contributed by atoms with van der Waals surface area (Å²) in [5.74, 6) is 2.64. The van der Waals surface area contributed by atoms with Gasteiger partial charge in [0.25, 0.3) is 0 Å². The molecule has 1 fully saturated rings. The van der Waals surface area contributed by atoms with Gasteiger partial charge >= 0.3 is 0 Å². The lowest BCUT2D eigenvalue weighted by Crippen LogP contribution is -2.26. The molecule has 184 valence electrons. The highest BCUT2D eigenvalue weighted by Gasteiger charge is 2.16. The molecule has 6 nitrogen and oxygen atoms in total. The third-order valence-electron chi connectivity index (χ3n) is 6.55. The van der Waals surface area contributed by atoms with Crippen LogP contribution in [0.5, 0.6) is 11.5 Å². The van der Waals surface area contributed by atoms with Crippen molar-refractivity contribution in [2.75, 3.05) is 33.9 Å². The number of imidazole rings is 1. The number of methoxy groups -OCH3 is 2. The molecule has 35 heavy (non-hydrogen) atoms. The second kappa shape index (κ2) is 11.8. The molecule has 2 aromatic carbocycles. The average molecular weight is 474 g/mol. The molecule has 1 N–H and O–H groups in total. The summed E-state index contributed by atoms with van der Waals surface area (Å²) in [5.41, 5.74) is 5.73. The number of rotatable bonds is 10. The zero-order valence-corrected chi connectivity index (χ0v) is 20.9. The number of piperidine rings is 1. The summed E-state index contributed by atoms with van der Waals surface area (Å²) in [6.45, 7) is 9.10. The van der Waals surface area contributed by atoms with Gasteiger partial charge in [-0.2, -0.15) is 0 Å². The maximum absolute atomic E-state index is 6.04. The van der Waals surface area contributed by atoms with Crippen molar-refractivity contribution >= 4 is 11.0 Å². The van der Waals surface area contributed by atoms with Crippen LogP contribution in [0.4, 0.5) is 0 Å². The molecule has 0 spiro atoms. The molecule has 0 atom stereocenters. The van der Waals surface area contributed by atoms with Crippen LogP contribution in [0.3, 0.4) is 0 Å². The van der Waals surface area contributed by atoms with E-state index in [0.717, 1.165) is 35.3 Å². The lowest BCUT2D eigenvalue weighted by Gasteiger charge is -2.22. The van der Waals surface area contributed by atoms with Gasteiger partial charge in [-0.15, -0.1) is 0 Å². The first-order valence-corrected chi connectivity index (χ1v) is 12.1. The first-order valence-electron chi connectivity index (χ1n) is 12.1. The fourth-order valence-electron chi connectivity index (χ4n) is 4.40. The van der Waals surface area contributed by atoms with E-state index in [4.69, 9.17) is 14.2 Å². The molecule has 1 aliphatic rings. The Morgan fingerprint density at radius 1 is 1.11 bits per heavy atom. The molecular weight excluding hydrogens is 438 g/mol. The molecule has 1 aromatic heterocycles. The standard InChI is InChI=1S/C29H35N3O3/c1-5-22(7-6-21(2)33-3)19-35-28-11-8-23(16-29(28)34-4)18-32-20-31-26-17-25(9-10-27(26)32)24-12-14-30-15-13-24/h5-11,16-17,20,24,30H,2,12-15,18-19H2,1,3-4H3/b7-6-,22-5+. The molecule has 1 aliphatic heterocycles. The fourth-order valence-corrected chi connectivity index (χ4v) is 4.40. The van der Waals surface area contributed by atoms with E-state index < -0.39 is 0 Å². The van der Waals surface area contributed by atoms with Gasteiger partial charge in [-0.25, -0.2) is 4.98 Å². The van der Waals surface area contributed by atoms with E-state index in [1.165, 1.54) is 18.4 Å². The minimum Gasteiger partial charge on any atom is -0.497 e. The first kappa shape index (κ1) is 24.6. The summed E-state index contributed by atoms with van der Waals surface area (Å²) in [6, 6.07) is 12.8. The molecule has 0 bridgehead atoms. The number of hydrogen-bond acceptors (Lipinski definition) is 5. The largest absolute Gasteiger partial charge is 0.497 e. The number of nitrogens with zero attached hydrogens (tertiary/aromatic N) is 2. The van der Waals surface area contributed by atoms with Crippen molar-refractivity contribution in [3.05, 3.63) is 90.0 Å². The fraction of sp³-hybridized carbons (Fsp3) is 0.345. The van der Waals surface area contributed by atoms with E-state index in [1.54, 1.807) is 14.2 Å². The van der Waals surface area contributed by atoms with Crippen LogP contribution in [0, 0.1) is 0 Å². The minimum absolute atomic E-state index is 0.422. The van der Waals surface area contributed by atoms with E-state index in [2.05, 4.69) is 45.7 Å². The Labute approximate surface area is 207 Å². The molecule has 3 aromatic rings. The van der Waals surface area contributed by atoms with Crippen LogP contribution in [0.15, 0.2) is 78.9 Å². The zero-order valence-electron chi connectivity index (χ0n) is 20.9. The highest BCUT2D eigenvalue weighted by Crippen LogP contribution is 2.30. The van der Waals surface area contributed by atoms with Gasteiger partial charge in [0, 0.05) is 6.54 Å². The van der Waals surface area contributed by atoms with E-state index in [0.29, 0.717) is 36.3 Å². The van der Waals surface area contributed by atoms with Gasteiger partial charge in [0.05, 0.1) is 31.6 Å². The van der Waals surface area contributed by atoms with E-state index in [-0.39, 0.29) is 0 Å². The van der Waals surface area contributed by atoms with Gasteiger partial charge in [-0.05, 0) is 85.8 Å². The van der Waals surface area contributed by atoms with E-state index in [1.807, 2.05) is 43.6 Å². The number of allylic oxidation sites excluding steroid dienone is 2. The van der Waals surface area contributed by atoms with Crippen LogP contribution in [0.2, 0.25) is 0 Å². The summed E-state index contributed by atoms with van der Waals surface area (Å²) in [6.07, 6.45) is 10.1. The normalized spacial score (nSPS) is 15.0. The molecule has 4 rings (SSSR count). The number of nitrogens with one attached hydrogen (secondary N) is 1. The number of benzene rings is 2. The molecule has 0 radical (unpaired) electrons.